The van der Waals surface area contributed by atoms with Crippen molar-refractivity contribution in [2.24, 2.45) is 0 Å². The summed E-state index contributed by atoms with van der Waals surface area (Å²) in [5.41, 5.74) is 0.667. The molecular formula is C16H18N4O3. The molecule has 7 nitrogen and oxygen atoms in total. The number of piperidine rings is 1. The fourth-order valence-electron chi connectivity index (χ4n) is 2.87. The molecule has 0 atom stereocenters. The van der Waals surface area contributed by atoms with Crippen LogP contribution in [0.25, 0.3) is 11.3 Å². The van der Waals surface area contributed by atoms with Crippen LogP contribution in [-0.4, -0.2) is 33.1 Å². The van der Waals surface area contributed by atoms with Crippen molar-refractivity contribution in [3.8, 4) is 17.0 Å². The number of hydrogen-bond acceptors (Lipinski definition) is 6. The van der Waals surface area contributed by atoms with E-state index in [-0.39, 0.29) is 17.1 Å². The van der Waals surface area contributed by atoms with Crippen LogP contribution < -0.4 is 4.90 Å². The number of nitrogens with zero attached hydrogens (tertiary/aromatic N) is 4. The Balaban J connectivity index is 2.16. The molecule has 0 radical (unpaired) electrons. The number of para-hydroxylation sites is 1. The van der Waals surface area contributed by atoms with Crippen molar-refractivity contribution >= 4 is 11.6 Å². The number of benzene rings is 1. The fourth-order valence-corrected chi connectivity index (χ4v) is 2.87. The van der Waals surface area contributed by atoms with Gasteiger partial charge in [-0.3, -0.25) is 10.1 Å². The predicted octanol–water partition coefficient (Wildman–Crippen LogP) is 3.06. The zero-order valence-corrected chi connectivity index (χ0v) is 12.9. The van der Waals surface area contributed by atoms with E-state index in [9.17, 15) is 15.2 Å². The summed E-state index contributed by atoms with van der Waals surface area (Å²) >= 11 is 0. The lowest BCUT2D eigenvalue weighted by molar-refractivity contribution is -0.385. The monoisotopic (exact) mass is 314 g/mol. The van der Waals surface area contributed by atoms with Gasteiger partial charge in [0.15, 0.2) is 5.69 Å². The Morgan fingerprint density at radius 3 is 2.52 bits per heavy atom. The molecule has 1 aliphatic rings. The molecule has 1 aromatic heterocycles. The molecule has 0 bridgehead atoms. The third-order valence-electron chi connectivity index (χ3n) is 4.03. The van der Waals surface area contributed by atoms with E-state index >= 15 is 0 Å². The summed E-state index contributed by atoms with van der Waals surface area (Å²) < 4.78 is 0. The Morgan fingerprint density at radius 2 is 1.87 bits per heavy atom. The van der Waals surface area contributed by atoms with Crippen LogP contribution in [0.5, 0.6) is 5.75 Å². The highest BCUT2D eigenvalue weighted by Crippen LogP contribution is 2.36. The second kappa shape index (κ2) is 6.20. The van der Waals surface area contributed by atoms with Gasteiger partial charge in [-0.05, 0) is 38.3 Å². The molecule has 0 aliphatic carbocycles. The Labute approximate surface area is 133 Å². The lowest BCUT2D eigenvalue weighted by atomic mass is 10.1. The van der Waals surface area contributed by atoms with Gasteiger partial charge in [-0.1, -0.05) is 12.1 Å². The second-order valence-electron chi connectivity index (χ2n) is 5.63. The molecule has 0 saturated carbocycles. The Kier molecular flexibility index (Phi) is 4.10. The van der Waals surface area contributed by atoms with Gasteiger partial charge in [0.05, 0.1) is 4.92 Å². The predicted molar refractivity (Wildman–Crippen MR) is 86.6 cm³/mol. The number of rotatable bonds is 3. The molecule has 0 amide bonds. The smallest absolute Gasteiger partial charge is 0.316 e. The maximum atomic E-state index is 11.4. The van der Waals surface area contributed by atoms with Gasteiger partial charge in [-0.25, -0.2) is 9.97 Å². The Bertz CT molecular complexity index is 742. The first kappa shape index (κ1) is 15.2. The number of aromatic nitrogens is 2. The summed E-state index contributed by atoms with van der Waals surface area (Å²) in [4.78, 5) is 21.7. The molecule has 3 rings (SSSR count). The number of nitro groups is 1. The molecule has 2 aromatic rings. The van der Waals surface area contributed by atoms with Gasteiger partial charge in [0, 0.05) is 18.7 Å². The van der Waals surface area contributed by atoms with Gasteiger partial charge in [0.2, 0.25) is 5.95 Å². The number of hydrogen-bond donors (Lipinski definition) is 1. The van der Waals surface area contributed by atoms with Gasteiger partial charge in [0.1, 0.15) is 11.4 Å². The largest absolute Gasteiger partial charge is 0.507 e. The number of anilines is 1. The van der Waals surface area contributed by atoms with Crippen LogP contribution in [-0.2, 0) is 0 Å². The van der Waals surface area contributed by atoms with Crippen LogP contribution in [0, 0.1) is 17.0 Å². The quantitative estimate of drug-likeness (QED) is 0.691. The molecular weight excluding hydrogens is 296 g/mol. The molecule has 2 heterocycles. The minimum atomic E-state index is -0.489. The first-order valence-corrected chi connectivity index (χ1v) is 7.64. The van der Waals surface area contributed by atoms with Crippen molar-refractivity contribution in [2.45, 2.75) is 26.2 Å². The highest BCUT2D eigenvalue weighted by atomic mass is 16.6. The molecule has 23 heavy (non-hydrogen) atoms. The van der Waals surface area contributed by atoms with Crippen LogP contribution in [0.15, 0.2) is 24.3 Å². The van der Waals surface area contributed by atoms with Crippen LogP contribution in [0.4, 0.5) is 11.6 Å². The van der Waals surface area contributed by atoms with E-state index in [1.54, 1.807) is 25.1 Å². The van der Waals surface area contributed by atoms with Crippen molar-refractivity contribution in [3.05, 3.63) is 40.1 Å². The van der Waals surface area contributed by atoms with E-state index in [1.165, 1.54) is 12.5 Å². The molecule has 120 valence electrons. The van der Waals surface area contributed by atoms with E-state index in [0.717, 1.165) is 25.9 Å². The van der Waals surface area contributed by atoms with Crippen molar-refractivity contribution in [1.82, 2.24) is 9.97 Å². The lowest BCUT2D eigenvalue weighted by Gasteiger charge is -2.27. The normalized spacial score (nSPS) is 14.7. The third-order valence-corrected chi connectivity index (χ3v) is 4.03. The minimum Gasteiger partial charge on any atom is -0.507 e. The van der Waals surface area contributed by atoms with Gasteiger partial charge in [-0.15, -0.1) is 0 Å². The second-order valence-corrected chi connectivity index (χ2v) is 5.63. The fraction of sp³-hybridized carbons (Fsp3) is 0.375. The summed E-state index contributed by atoms with van der Waals surface area (Å²) in [5, 5.41) is 21.5. The first-order valence-electron chi connectivity index (χ1n) is 7.64. The van der Waals surface area contributed by atoms with E-state index in [4.69, 9.17) is 0 Å². The molecule has 1 fully saturated rings. The van der Waals surface area contributed by atoms with Gasteiger partial charge in [0.25, 0.3) is 0 Å². The van der Waals surface area contributed by atoms with Crippen LogP contribution in [0.2, 0.25) is 0 Å². The SMILES string of the molecule is Cc1nc(N2CCCCC2)nc(-c2ccccc2O)c1[N+](=O)[O-]. The first-order chi connectivity index (χ1) is 11.1. The summed E-state index contributed by atoms with van der Waals surface area (Å²) in [6, 6.07) is 6.52. The van der Waals surface area contributed by atoms with Crippen LogP contribution in [0.3, 0.4) is 0 Å². The average Bonchev–Trinajstić information content (AvgIpc) is 2.55. The van der Waals surface area contributed by atoms with Crippen LogP contribution >= 0.6 is 0 Å². The molecule has 1 aliphatic heterocycles. The Morgan fingerprint density at radius 1 is 1.17 bits per heavy atom. The number of phenolic OH excluding ortho intramolecular Hbond substituents is 1. The van der Waals surface area contributed by atoms with Gasteiger partial charge < -0.3 is 10.0 Å². The molecule has 1 aromatic carbocycles. The summed E-state index contributed by atoms with van der Waals surface area (Å²) in [6.45, 7) is 3.30. The van der Waals surface area contributed by atoms with Crippen molar-refractivity contribution in [1.29, 1.82) is 0 Å². The van der Waals surface area contributed by atoms with Gasteiger partial charge in [-0.2, -0.15) is 0 Å². The third kappa shape index (κ3) is 2.94. The highest BCUT2D eigenvalue weighted by Gasteiger charge is 2.26. The molecule has 1 N–H and O–H groups in total. The van der Waals surface area contributed by atoms with E-state index in [0.29, 0.717) is 17.2 Å². The summed E-state index contributed by atoms with van der Waals surface area (Å²) in [5.74, 6) is 0.462. The number of aromatic hydroxyl groups is 1. The maximum absolute atomic E-state index is 11.4. The number of phenols is 1. The Hall–Kier alpha value is -2.70. The lowest BCUT2D eigenvalue weighted by Crippen LogP contribution is -2.31. The molecule has 0 spiro atoms. The molecule has 0 unspecified atom stereocenters. The topological polar surface area (TPSA) is 92.4 Å². The van der Waals surface area contributed by atoms with E-state index in [1.807, 2.05) is 4.90 Å². The minimum absolute atomic E-state index is 0.0294. The standard InChI is InChI=1S/C16H18N4O3/c1-11-15(20(22)23)14(12-7-3-4-8-13(12)21)18-16(17-11)19-9-5-2-6-10-19/h3-4,7-8,21H,2,5-6,9-10H2,1H3. The van der Waals surface area contributed by atoms with Crippen molar-refractivity contribution in [2.75, 3.05) is 18.0 Å². The maximum Gasteiger partial charge on any atom is 0.316 e. The zero-order valence-electron chi connectivity index (χ0n) is 12.9. The summed E-state index contributed by atoms with van der Waals surface area (Å²) in [7, 11) is 0. The molecule has 1 saturated heterocycles. The average molecular weight is 314 g/mol. The van der Waals surface area contributed by atoms with Gasteiger partial charge >= 0.3 is 5.69 Å². The zero-order chi connectivity index (χ0) is 16.4. The molecule has 7 heteroatoms. The van der Waals surface area contributed by atoms with E-state index in [2.05, 4.69) is 9.97 Å². The van der Waals surface area contributed by atoms with Crippen molar-refractivity contribution < 1.29 is 10.0 Å². The highest BCUT2D eigenvalue weighted by molar-refractivity contribution is 5.76. The van der Waals surface area contributed by atoms with E-state index < -0.39 is 4.92 Å². The van der Waals surface area contributed by atoms with Crippen LogP contribution in [0.1, 0.15) is 25.0 Å². The van der Waals surface area contributed by atoms with Crippen molar-refractivity contribution in [3.63, 3.8) is 0 Å². The number of aryl methyl sites for hydroxylation is 1. The summed E-state index contributed by atoms with van der Waals surface area (Å²) in [6.07, 6.45) is 3.30.